The maximum absolute atomic E-state index is 13.7. The second-order valence-electron chi connectivity index (χ2n) is 6.35. The molecule has 1 amide bonds. The van der Waals surface area contributed by atoms with Gasteiger partial charge in [-0.3, -0.25) is 9.79 Å². The van der Waals surface area contributed by atoms with E-state index in [1.165, 1.54) is 35.4 Å². The van der Waals surface area contributed by atoms with Gasteiger partial charge in [0.1, 0.15) is 35.7 Å². The number of nitrogens with one attached hydrogen (secondary N) is 2. The van der Waals surface area contributed by atoms with Gasteiger partial charge in [-0.25, -0.2) is 9.07 Å². The number of rotatable bonds is 0. The predicted octanol–water partition coefficient (Wildman–Crippen LogP) is 1.56. The van der Waals surface area contributed by atoms with Crippen LogP contribution in [0.2, 0.25) is 0 Å². The Morgan fingerprint density at radius 3 is 3.11 bits per heavy atom. The zero-order chi connectivity index (χ0) is 19.0. The summed E-state index contributed by atoms with van der Waals surface area (Å²) in [5.41, 5.74) is 0.874. The minimum atomic E-state index is -1.01. The second-order valence-corrected chi connectivity index (χ2v) is 6.35. The van der Waals surface area contributed by atoms with Gasteiger partial charge in [-0.05, 0) is 31.2 Å². The predicted molar refractivity (Wildman–Crippen MR) is 97.2 cm³/mol. The summed E-state index contributed by atoms with van der Waals surface area (Å²) in [4.78, 5) is 16.9. The van der Waals surface area contributed by atoms with Gasteiger partial charge in [0.05, 0.1) is 24.6 Å². The molecule has 9 heteroatoms. The fraction of sp³-hybridized carbons (Fsp3) is 0.278. The average Bonchev–Trinajstić information content (AvgIpc) is 3.07. The molecule has 4 heterocycles. The molecule has 1 aromatic carbocycles. The molecule has 27 heavy (non-hydrogen) atoms. The number of halogens is 1. The fourth-order valence-electron chi connectivity index (χ4n) is 3.01. The van der Waals surface area contributed by atoms with Crippen LogP contribution in [0.5, 0.6) is 5.75 Å². The summed E-state index contributed by atoms with van der Waals surface area (Å²) < 4.78 is 20.9. The molecule has 3 N–H and O–H groups in total. The summed E-state index contributed by atoms with van der Waals surface area (Å²) >= 11 is 0. The molecule has 2 aromatic rings. The highest BCUT2D eigenvalue weighted by atomic mass is 19.1. The van der Waals surface area contributed by atoms with Gasteiger partial charge in [0.2, 0.25) is 0 Å². The van der Waals surface area contributed by atoms with E-state index in [0.29, 0.717) is 22.7 Å². The number of aromatic nitrogens is 2. The third-order valence-electron chi connectivity index (χ3n) is 4.52. The Bertz CT molecular complexity index is 939. The maximum atomic E-state index is 13.7. The molecule has 1 unspecified atom stereocenters. The Balaban J connectivity index is 1.78. The van der Waals surface area contributed by atoms with Crippen molar-refractivity contribution < 1.29 is 19.0 Å². The smallest absolute Gasteiger partial charge is 0.257 e. The normalized spacial score (nSPS) is 25.4. The van der Waals surface area contributed by atoms with Crippen molar-refractivity contribution in [3.8, 4) is 5.75 Å². The van der Waals surface area contributed by atoms with E-state index < -0.39 is 24.0 Å². The Kier molecular flexibility index (Phi) is 4.36. The second kappa shape index (κ2) is 6.84. The number of aliphatic hydroxyl groups excluding tert-OH is 1. The van der Waals surface area contributed by atoms with Crippen LogP contribution in [0.4, 0.5) is 10.2 Å². The van der Waals surface area contributed by atoms with Gasteiger partial charge < -0.3 is 20.5 Å². The van der Waals surface area contributed by atoms with Crippen LogP contribution in [0.15, 0.2) is 35.5 Å². The zero-order valence-electron chi connectivity index (χ0n) is 14.5. The van der Waals surface area contributed by atoms with Gasteiger partial charge in [0.25, 0.3) is 5.91 Å². The number of aliphatic hydroxyl groups is 1. The van der Waals surface area contributed by atoms with Gasteiger partial charge in [-0.1, -0.05) is 0 Å². The number of carbonyl (C=O) groups excluding carboxylic acids is 1. The van der Waals surface area contributed by atoms with Gasteiger partial charge >= 0.3 is 0 Å². The van der Waals surface area contributed by atoms with E-state index in [4.69, 9.17) is 4.74 Å². The van der Waals surface area contributed by atoms with E-state index in [9.17, 15) is 14.3 Å². The summed E-state index contributed by atoms with van der Waals surface area (Å²) in [5, 5.41) is 20.4. The average molecular weight is 371 g/mol. The van der Waals surface area contributed by atoms with Crippen LogP contribution >= 0.6 is 0 Å². The quantitative estimate of drug-likeness (QED) is 0.653. The molecule has 0 saturated heterocycles. The molecule has 4 bridgehead atoms. The molecule has 0 fully saturated rings. The molecule has 140 valence electrons. The summed E-state index contributed by atoms with van der Waals surface area (Å²) in [6, 6.07) is 3.07. The summed E-state index contributed by atoms with van der Waals surface area (Å²) in [7, 11) is 0. The van der Waals surface area contributed by atoms with E-state index in [-0.39, 0.29) is 12.5 Å². The molecule has 3 atom stereocenters. The van der Waals surface area contributed by atoms with Gasteiger partial charge in [-0.15, -0.1) is 0 Å². The third kappa shape index (κ3) is 3.28. The summed E-state index contributed by atoms with van der Waals surface area (Å²) in [6.45, 7) is 1.71. The van der Waals surface area contributed by atoms with Gasteiger partial charge in [0, 0.05) is 11.8 Å². The highest BCUT2D eigenvalue weighted by Gasteiger charge is 2.26. The van der Waals surface area contributed by atoms with Gasteiger partial charge in [-0.2, -0.15) is 5.10 Å². The number of ether oxygens (including phenoxy) is 1. The Hall–Kier alpha value is -3.20. The van der Waals surface area contributed by atoms with Crippen molar-refractivity contribution in [2.24, 2.45) is 4.99 Å². The van der Waals surface area contributed by atoms with Crippen molar-refractivity contribution >= 4 is 24.3 Å². The SMILES string of the molecule is C[C@H]1N=CNc2c3cnn2/C=C/C(NC3=O)[C@H](O)COc2ccc(F)cc21. The first kappa shape index (κ1) is 17.2. The van der Waals surface area contributed by atoms with E-state index in [1.54, 1.807) is 19.2 Å². The largest absolute Gasteiger partial charge is 0.490 e. The van der Waals surface area contributed by atoms with Crippen LogP contribution in [0, 0.1) is 5.82 Å². The summed E-state index contributed by atoms with van der Waals surface area (Å²) in [5.74, 6) is 0.0936. The molecule has 5 rings (SSSR count). The molecule has 0 aliphatic carbocycles. The van der Waals surface area contributed by atoms with Crippen molar-refractivity contribution in [3.63, 3.8) is 0 Å². The summed E-state index contributed by atoms with van der Waals surface area (Å²) in [6.07, 6.45) is 5.13. The van der Waals surface area contributed by atoms with Gasteiger partial charge in [0.15, 0.2) is 0 Å². The van der Waals surface area contributed by atoms with Crippen molar-refractivity contribution in [2.45, 2.75) is 25.1 Å². The Morgan fingerprint density at radius 1 is 1.41 bits per heavy atom. The number of amides is 1. The van der Waals surface area contributed by atoms with Crippen LogP contribution in [-0.4, -0.2) is 45.9 Å². The van der Waals surface area contributed by atoms with Crippen LogP contribution in [0.1, 0.15) is 28.9 Å². The van der Waals surface area contributed by atoms with Crippen LogP contribution in [0.3, 0.4) is 0 Å². The van der Waals surface area contributed by atoms with Crippen molar-refractivity contribution in [3.05, 3.63) is 47.4 Å². The van der Waals surface area contributed by atoms with Crippen molar-refractivity contribution in [1.29, 1.82) is 0 Å². The Labute approximate surface area is 154 Å². The molecule has 3 aliphatic rings. The fourth-order valence-corrected chi connectivity index (χ4v) is 3.01. The first-order chi connectivity index (χ1) is 13.0. The number of fused-ring (bicyclic) bond motifs is 5. The molecule has 3 aliphatic heterocycles. The van der Waals surface area contributed by atoms with Crippen molar-refractivity contribution in [2.75, 3.05) is 11.9 Å². The molecule has 0 radical (unpaired) electrons. The van der Waals surface area contributed by atoms with E-state index in [0.717, 1.165) is 0 Å². The number of anilines is 1. The number of nitrogens with zero attached hydrogens (tertiary/aromatic N) is 3. The van der Waals surface area contributed by atoms with Crippen LogP contribution < -0.4 is 15.4 Å². The number of carbonyl (C=O) groups is 1. The highest BCUT2D eigenvalue weighted by Crippen LogP contribution is 2.29. The highest BCUT2D eigenvalue weighted by molar-refractivity contribution is 6.01. The molecule has 0 saturated carbocycles. The van der Waals surface area contributed by atoms with Crippen LogP contribution in [-0.2, 0) is 0 Å². The first-order valence-electron chi connectivity index (χ1n) is 8.48. The monoisotopic (exact) mass is 371 g/mol. The first-order valence-corrected chi connectivity index (χ1v) is 8.48. The number of hydrogen-bond donors (Lipinski definition) is 3. The third-order valence-corrected chi connectivity index (χ3v) is 4.52. The minimum Gasteiger partial charge on any atom is -0.490 e. The van der Waals surface area contributed by atoms with E-state index in [1.807, 2.05) is 0 Å². The maximum Gasteiger partial charge on any atom is 0.257 e. The number of benzene rings is 1. The molecule has 0 spiro atoms. The lowest BCUT2D eigenvalue weighted by molar-refractivity contribution is 0.0731. The molecular weight excluding hydrogens is 353 g/mol. The zero-order valence-corrected chi connectivity index (χ0v) is 14.5. The number of hydrogen-bond acceptors (Lipinski definition) is 6. The standard InChI is InChI=1S/C18H18FN5O3/c1-10-12-6-11(19)2-3-16(12)27-8-15(25)14-4-5-24-17(21-9-20-10)13(7-22-24)18(26)23-14/h2-7,9-10,14-15,25H,8H2,1H3,(H,20,21)(H,23,26)/b5-4+/t10-,14?,15-/m1/s1. The molecule has 1 aromatic heterocycles. The number of aliphatic imine (C=N–C) groups is 1. The van der Waals surface area contributed by atoms with E-state index >= 15 is 0 Å². The van der Waals surface area contributed by atoms with Crippen molar-refractivity contribution in [1.82, 2.24) is 15.1 Å². The lowest BCUT2D eigenvalue weighted by Gasteiger charge is -2.24. The Morgan fingerprint density at radius 2 is 2.26 bits per heavy atom. The van der Waals surface area contributed by atoms with Crippen LogP contribution in [0.25, 0.3) is 6.20 Å². The van der Waals surface area contributed by atoms with E-state index in [2.05, 4.69) is 20.7 Å². The topological polar surface area (TPSA) is 101 Å². The minimum absolute atomic E-state index is 0.0879. The lowest BCUT2D eigenvalue weighted by Crippen LogP contribution is -2.45. The molecular formula is C18H18FN5O3. The lowest BCUT2D eigenvalue weighted by atomic mass is 10.1. The molecule has 8 nitrogen and oxygen atoms in total.